The number of aliphatic hydroxyl groups is 7. The number of carbonyl (C=O) groups excluding carboxylic acids is 8. The third-order valence-corrected chi connectivity index (χ3v) is 44.8. The van der Waals surface area contributed by atoms with Crippen LogP contribution in [0.15, 0.2) is 204 Å². The fraction of sp³-hybridized carbons (Fsp3) is 0.573. The van der Waals surface area contributed by atoms with Crippen LogP contribution in [-0.4, -0.2) is 205 Å². The zero-order chi connectivity index (χ0) is 103. The lowest BCUT2D eigenvalue weighted by molar-refractivity contribution is -0.197. The summed E-state index contributed by atoms with van der Waals surface area (Å²) in [7, 11) is 0. The van der Waals surface area contributed by atoms with Crippen molar-refractivity contribution in [3.05, 3.63) is 186 Å². The highest BCUT2D eigenvalue weighted by Crippen LogP contribution is 2.74. The predicted octanol–water partition coefficient (Wildman–Crippen LogP) is 17.6. The number of aliphatic hydroxyl groups excluding tert-OH is 4. The first-order valence-corrected chi connectivity index (χ1v) is 57.2. The number of Topliss-reactive ketones (excluding diaryl/α,β-unsaturated/α-hetero) is 4. The Hall–Kier alpha value is -8.86. The minimum atomic E-state index is -1.48. The number of para-hydroxylation sites is 2. The summed E-state index contributed by atoms with van der Waals surface area (Å²) in [5.74, 6) is 1.80. The van der Waals surface area contributed by atoms with Crippen molar-refractivity contribution < 1.29 is 88.0 Å². The van der Waals surface area contributed by atoms with Gasteiger partial charge in [-0.15, -0.1) is 11.8 Å². The Morgan fingerprint density at radius 1 is 0.469 bits per heavy atom. The lowest BCUT2D eigenvalue weighted by Crippen LogP contribution is -2.63. The molecule has 0 bridgehead atoms. The van der Waals surface area contributed by atoms with Crippen molar-refractivity contribution >= 4 is 133 Å². The number of aliphatic imine (C=N–C) groups is 1. The van der Waals surface area contributed by atoms with E-state index in [1.54, 1.807) is 61.1 Å². The SMILES string of the molecule is CC12C=CC(=O)C=C1CCC1C2[C@@H](O)CC2(C)C1CC[C@]2(O)C(=O)CSc1cccc2cccnc12.CC12C=CC(=O)C=C1CCC1C2[C@@H](O)CC2(C)C1CC[C@]2(O)C(=O)CSc1ncnc2ccccc12.CC12CCC(=O)C=C1CCC1C2[C@@H](O)CC2(C)C1CC[C@]2(O)C(=O)CSc1ncnc2c1C=NC2.CCCC1O[C@@H]2CC3C4CCC5=CC(=O)C=CC5(C)C4[C@@H](O)CC3(C)[C@]2(C(=O)CSc2nc3ncccc3o2)O1. The van der Waals surface area contributed by atoms with E-state index < -0.39 is 74.8 Å². The van der Waals surface area contributed by atoms with E-state index in [1.165, 1.54) is 65.3 Å². The molecule has 2 aliphatic heterocycles. The maximum absolute atomic E-state index is 14.4. The zero-order valence-corrected chi connectivity index (χ0v) is 88.3. The van der Waals surface area contributed by atoms with Crippen LogP contribution in [0.1, 0.15) is 221 Å². The van der Waals surface area contributed by atoms with Gasteiger partial charge in [-0.1, -0.05) is 181 Å². The number of carbonyl (C=O) groups is 8. The van der Waals surface area contributed by atoms with E-state index in [9.17, 15) is 74.1 Å². The van der Waals surface area contributed by atoms with Crippen LogP contribution in [0.2, 0.25) is 0 Å². The van der Waals surface area contributed by atoms with Gasteiger partial charge < -0.3 is 49.6 Å². The topological polar surface area (TPSA) is 412 Å². The van der Waals surface area contributed by atoms with Gasteiger partial charge in [0.25, 0.3) is 5.22 Å². The largest absolute Gasteiger partial charge is 0.430 e. The molecule has 26 nitrogen and oxygen atoms in total. The van der Waals surface area contributed by atoms with Crippen LogP contribution in [0, 0.1) is 114 Å². The Labute approximate surface area is 873 Å². The number of benzene rings is 2. The first-order valence-electron chi connectivity index (χ1n) is 53.2. The first kappa shape index (κ1) is 103. The number of hydrogen-bond acceptors (Lipinski definition) is 30. The van der Waals surface area contributed by atoms with E-state index in [-0.39, 0.29) is 168 Å². The van der Waals surface area contributed by atoms with Gasteiger partial charge >= 0.3 is 0 Å². The van der Waals surface area contributed by atoms with Gasteiger partial charge in [-0.05, 0) is 266 Å². The molecule has 0 radical (unpaired) electrons. The fourth-order valence-corrected chi connectivity index (χ4v) is 37.5. The molecule has 2 aromatic carbocycles. The van der Waals surface area contributed by atoms with Gasteiger partial charge in [-0.3, -0.25) is 48.3 Å². The average molecular weight is 2070 g/mol. The lowest BCUT2D eigenvalue weighted by atomic mass is 9.45. The number of rotatable bonds is 18. The van der Waals surface area contributed by atoms with Crippen LogP contribution < -0.4 is 0 Å². The highest BCUT2D eigenvalue weighted by molar-refractivity contribution is 8.00. The van der Waals surface area contributed by atoms with E-state index in [0.29, 0.717) is 74.4 Å². The van der Waals surface area contributed by atoms with Crippen molar-refractivity contribution in [1.82, 2.24) is 34.9 Å². The number of pyridine rings is 2. The number of nitrogens with zero attached hydrogens (tertiary/aromatic N) is 8. The van der Waals surface area contributed by atoms with E-state index in [2.05, 4.69) is 81.4 Å². The van der Waals surface area contributed by atoms with Gasteiger partial charge in [0.1, 0.15) is 39.5 Å². The zero-order valence-electron chi connectivity index (χ0n) is 85.0. The average Bonchev–Trinajstić information content (AvgIpc) is 1.50. The molecule has 7 heterocycles. The van der Waals surface area contributed by atoms with Gasteiger partial charge in [-0.2, -0.15) is 4.98 Å². The normalized spacial score (nSPS) is 40.5. The Balaban J connectivity index is 0.000000111. The Morgan fingerprint density at radius 2 is 0.959 bits per heavy atom. The van der Waals surface area contributed by atoms with Gasteiger partial charge in [0, 0.05) is 102 Å². The quantitative estimate of drug-likeness (QED) is 0.0310. The fourth-order valence-electron chi connectivity index (χ4n) is 33.8. The highest BCUT2D eigenvalue weighted by Gasteiger charge is 2.77. The third kappa shape index (κ3) is 16.3. The molecule has 774 valence electrons. The van der Waals surface area contributed by atoms with Gasteiger partial charge in [-0.25, -0.2) is 24.9 Å². The van der Waals surface area contributed by atoms with Crippen LogP contribution in [0.3, 0.4) is 0 Å². The second-order valence-corrected chi connectivity index (χ2v) is 51.4. The van der Waals surface area contributed by atoms with Crippen LogP contribution >= 0.6 is 47.0 Å². The predicted molar refractivity (Wildman–Crippen MR) is 559 cm³/mol. The summed E-state index contributed by atoms with van der Waals surface area (Å²) in [6.45, 7) is 19.5. The van der Waals surface area contributed by atoms with Crippen molar-refractivity contribution in [1.29, 1.82) is 0 Å². The molecule has 12 saturated carbocycles. The summed E-state index contributed by atoms with van der Waals surface area (Å²) in [5, 5.41) is 86.2. The number of oxazole rings is 1. The Kier molecular flexibility index (Phi) is 26.6. The Morgan fingerprint density at radius 3 is 1.53 bits per heavy atom. The number of hydrogen-bond donors (Lipinski definition) is 7. The number of aromatic nitrogens is 7. The molecule has 30 atom stereocenters. The highest BCUT2D eigenvalue weighted by atomic mass is 32.2. The molecular weight excluding hydrogens is 1930 g/mol. The number of allylic oxidation sites excluding steroid dienone is 13. The van der Waals surface area contributed by atoms with E-state index in [1.807, 2.05) is 106 Å². The molecule has 7 aromatic rings. The molecule has 30 heteroatoms. The Bertz CT molecular complexity index is 6590. The van der Waals surface area contributed by atoms with Crippen molar-refractivity contribution in [2.24, 2.45) is 119 Å². The molecular formula is C117H134N8O18S4. The molecule has 7 N–H and O–H groups in total. The molecule has 1 saturated heterocycles. The molecule has 13 fully saturated rings. The van der Waals surface area contributed by atoms with Gasteiger partial charge in [0.15, 0.2) is 69.4 Å². The van der Waals surface area contributed by atoms with Gasteiger partial charge in [0.2, 0.25) is 0 Å². The lowest BCUT2D eigenvalue weighted by Gasteiger charge is -2.60. The minimum absolute atomic E-state index is 0.00601. The molecule has 147 heavy (non-hydrogen) atoms. The summed E-state index contributed by atoms with van der Waals surface area (Å²) in [6, 6.07) is 21.2. The van der Waals surface area contributed by atoms with E-state index in [0.717, 1.165) is 161 Å². The number of ketones is 8. The second-order valence-electron chi connectivity index (χ2n) is 47.5. The molecule has 0 amide bonds. The minimum Gasteiger partial charge on any atom is -0.430 e. The van der Waals surface area contributed by atoms with Crippen LogP contribution in [-0.2, 0) is 54.4 Å². The number of fused-ring (bicyclic) bond motifs is 26. The van der Waals surface area contributed by atoms with Crippen molar-refractivity contribution in [2.75, 3.05) is 23.0 Å². The number of ether oxygens (including phenoxy) is 2. The van der Waals surface area contributed by atoms with Gasteiger partial charge in [0.05, 0.1) is 76.8 Å². The third-order valence-electron chi connectivity index (χ3n) is 41.0. The van der Waals surface area contributed by atoms with Crippen LogP contribution in [0.5, 0.6) is 0 Å². The summed E-state index contributed by atoms with van der Waals surface area (Å²) in [4.78, 5) is 139. The van der Waals surface area contributed by atoms with Crippen molar-refractivity contribution in [3.63, 3.8) is 0 Å². The molecule has 5 aromatic heterocycles. The molecule has 0 spiro atoms. The maximum Gasteiger partial charge on any atom is 0.258 e. The monoisotopic (exact) mass is 2070 g/mol. The summed E-state index contributed by atoms with van der Waals surface area (Å²) in [6.07, 6.45) is 38.7. The summed E-state index contributed by atoms with van der Waals surface area (Å²) >= 11 is 5.39. The van der Waals surface area contributed by atoms with Crippen LogP contribution in [0.4, 0.5) is 0 Å². The first-order chi connectivity index (χ1) is 70.2. The standard InChI is InChI=1S/C31H36N2O6S.C30H33NO4S.C29H32N2O4S.C27H33N3O4S/c1-4-6-25-38-24-14-20-19-9-8-17-13-18(34)10-11-29(17,2)26(19)21(35)15-30(20,3)31(24,39-25)23(36)16-40-28-33-27-22(37-28)7-5-12-32-27;1-28-12-10-20(32)15-19(28)8-9-21-22-11-13-30(35,29(22,2)16-23(33)26(21)28)25(34)17-36-24-7-3-5-18-6-4-14-31-27(18)24;1-27-11-9-18(32)13-17(27)7-8-19-21-10-12-29(35,28(21,2)14-23(33)25(19)27)24(34)15-36-26-20-5-3-4-6-22(20)30-16-31-26;1-25-7-5-16(31)9-15(25)3-4-17-19-6-8-27(34,26(19,2)10-21(32)23(17)25)22(33)13-35-24-18-11-28-12-20(18)29-14-30-24/h5,7,10-13,19-21,24-26,35H,4,6,8-9,14-16H2,1-3H3;3-7,10,12,14-15,21-23,26,33,35H,8-9,11,13,16-17H2,1-2H3;3-6,9,11,13,16,19,21,23,25,33,35H,7-8,10,12,14-15H2,1-2H3;9,11,14,17,19,21,23,32,34H,3-8,10,12-13H2,1-2H3/t19?,20?,21-,24+,25?,26?,29?,30?,31+;21?,22?,23-,26?,28?,29?,30-;19?,21?,23-,25?,27?,28?,29-;17?,19?,21-,23?,25?,26?,27-/m0000/s1. The van der Waals surface area contributed by atoms with Crippen molar-refractivity contribution in [3.8, 4) is 0 Å². The maximum atomic E-state index is 14.4. The van der Waals surface area contributed by atoms with E-state index in [4.69, 9.17) is 13.9 Å². The number of thioether (sulfide) groups is 4. The molecule has 16 aliphatic carbocycles. The summed E-state index contributed by atoms with van der Waals surface area (Å²) < 4.78 is 19.1. The summed E-state index contributed by atoms with van der Waals surface area (Å²) in [5.41, 5.74) is -0.318. The van der Waals surface area contributed by atoms with Crippen molar-refractivity contribution in [2.45, 2.75) is 296 Å². The van der Waals surface area contributed by atoms with E-state index >= 15 is 0 Å². The smallest absolute Gasteiger partial charge is 0.258 e. The molecule has 21 unspecified atom stereocenters. The second kappa shape index (κ2) is 38.1. The molecule has 18 aliphatic rings. The van der Waals surface area contributed by atoms with Crippen LogP contribution in [0.25, 0.3) is 33.0 Å². The molecule has 25 rings (SSSR count).